The number of hydrogen-bond acceptors (Lipinski definition) is 2. The monoisotopic (exact) mass is 432 g/mol. The molecule has 0 saturated carbocycles. The standard InChI is InChI=1S/C27H29FN2O2/c1-21(2)20-32-27(29-26(31)24-15-9-10-16-25(24)28)30(19-23-13-7-4-8-14-23)18-17-22-11-5-3-6-12-22/h3-16,21H,17-20H2,1-2H3. The van der Waals surface area contributed by atoms with Crippen molar-refractivity contribution in [2.75, 3.05) is 13.2 Å². The SMILES string of the molecule is CC(C)COC(=NC(=O)c1ccccc1F)N(CCc1ccccc1)Cc1ccccc1. The Morgan fingerprint density at radius 2 is 1.50 bits per heavy atom. The van der Waals surface area contributed by atoms with Crippen LogP contribution in [0.3, 0.4) is 0 Å². The van der Waals surface area contributed by atoms with E-state index in [9.17, 15) is 9.18 Å². The molecule has 4 nitrogen and oxygen atoms in total. The first kappa shape index (κ1) is 23.2. The Balaban J connectivity index is 1.91. The van der Waals surface area contributed by atoms with Crippen LogP contribution in [0.25, 0.3) is 0 Å². The minimum absolute atomic E-state index is 0.0686. The lowest BCUT2D eigenvalue weighted by Gasteiger charge is -2.26. The summed E-state index contributed by atoms with van der Waals surface area (Å²) in [5.41, 5.74) is 2.18. The summed E-state index contributed by atoms with van der Waals surface area (Å²) < 4.78 is 20.2. The lowest BCUT2D eigenvalue weighted by atomic mass is 10.1. The first-order valence-corrected chi connectivity index (χ1v) is 10.9. The largest absolute Gasteiger partial charge is 0.465 e. The van der Waals surface area contributed by atoms with Crippen molar-refractivity contribution < 1.29 is 13.9 Å². The molecule has 0 heterocycles. The number of carbonyl (C=O) groups is 1. The van der Waals surface area contributed by atoms with Crippen molar-refractivity contribution in [3.05, 3.63) is 107 Å². The van der Waals surface area contributed by atoms with Crippen LogP contribution in [0, 0.1) is 11.7 Å². The molecule has 0 fully saturated rings. The Labute approximate surface area is 189 Å². The highest BCUT2D eigenvalue weighted by molar-refractivity contribution is 6.01. The topological polar surface area (TPSA) is 41.9 Å². The number of hydrogen-bond donors (Lipinski definition) is 0. The molecule has 0 aliphatic carbocycles. The molecule has 0 unspecified atom stereocenters. The summed E-state index contributed by atoms with van der Waals surface area (Å²) in [6.07, 6.45) is 0.756. The van der Waals surface area contributed by atoms with Gasteiger partial charge in [0.25, 0.3) is 11.9 Å². The van der Waals surface area contributed by atoms with Gasteiger partial charge in [0.05, 0.1) is 12.2 Å². The van der Waals surface area contributed by atoms with Crippen LogP contribution >= 0.6 is 0 Å². The molecule has 0 N–H and O–H groups in total. The maximum atomic E-state index is 14.2. The number of halogens is 1. The van der Waals surface area contributed by atoms with Gasteiger partial charge < -0.3 is 9.64 Å². The number of aliphatic imine (C=N–C) groups is 1. The summed E-state index contributed by atoms with van der Waals surface area (Å²) in [5, 5.41) is 0. The van der Waals surface area contributed by atoms with Crippen molar-refractivity contribution in [2.45, 2.75) is 26.8 Å². The molecule has 0 aliphatic heterocycles. The Morgan fingerprint density at radius 3 is 2.12 bits per heavy atom. The fourth-order valence-corrected chi connectivity index (χ4v) is 3.17. The van der Waals surface area contributed by atoms with E-state index in [0.717, 1.165) is 12.0 Å². The third kappa shape index (κ3) is 7.05. The first-order valence-electron chi connectivity index (χ1n) is 10.9. The van der Waals surface area contributed by atoms with Crippen molar-refractivity contribution >= 4 is 11.9 Å². The molecular weight excluding hydrogens is 403 g/mol. The highest BCUT2D eigenvalue weighted by atomic mass is 19.1. The molecule has 0 saturated heterocycles. The van der Waals surface area contributed by atoms with Crippen molar-refractivity contribution in [3.63, 3.8) is 0 Å². The third-order valence-corrected chi connectivity index (χ3v) is 4.85. The second-order valence-corrected chi connectivity index (χ2v) is 8.03. The first-order chi connectivity index (χ1) is 15.5. The maximum Gasteiger partial charge on any atom is 0.295 e. The van der Waals surface area contributed by atoms with E-state index >= 15 is 0 Å². The van der Waals surface area contributed by atoms with E-state index < -0.39 is 11.7 Å². The van der Waals surface area contributed by atoms with E-state index in [1.165, 1.54) is 17.7 Å². The average molecular weight is 433 g/mol. The number of amidine groups is 1. The fourth-order valence-electron chi connectivity index (χ4n) is 3.17. The number of nitrogens with zero attached hydrogens (tertiary/aromatic N) is 2. The molecule has 1 amide bonds. The summed E-state index contributed by atoms with van der Waals surface area (Å²) in [7, 11) is 0. The predicted molar refractivity (Wildman–Crippen MR) is 126 cm³/mol. The van der Waals surface area contributed by atoms with Crippen LogP contribution in [-0.4, -0.2) is 30.0 Å². The molecule has 3 aromatic carbocycles. The normalized spacial score (nSPS) is 11.4. The van der Waals surface area contributed by atoms with Gasteiger partial charge in [-0.2, -0.15) is 4.99 Å². The van der Waals surface area contributed by atoms with E-state index in [0.29, 0.717) is 19.7 Å². The third-order valence-electron chi connectivity index (χ3n) is 4.85. The van der Waals surface area contributed by atoms with Crippen molar-refractivity contribution in [2.24, 2.45) is 10.9 Å². The van der Waals surface area contributed by atoms with E-state index in [-0.39, 0.29) is 17.5 Å². The Bertz CT molecular complexity index is 1020. The molecule has 5 heteroatoms. The van der Waals surface area contributed by atoms with E-state index in [2.05, 4.69) is 17.1 Å². The van der Waals surface area contributed by atoms with Gasteiger partial charge in [0.2, 0.25) is 0 Å². The second kappa shape index (κ2) is 11.8. The van der Waals surface area contributed by atoms with Gasteiger partial charge in [-0.05, 0) is 35.6 Å². The summed E-state index contributed by atoms with van der Waals surface area (Å²) >= 11 is 0. The van der Waals surface area contributed by atoms with Crippen LogP contribution < -0.4 is 0 Å². The Kier molecular flexibility index (Phi) is 8.55. The van der Waals surface area contributed by atoms with Crippen LogP contribution in [-0.2, 0) is 17.7 Å². The zero-order chi connectivity index (χ0) is 22.8. The minimum Gasteiger partial charge on any atom is -0.465 e. The molecule has 0 bridgehead atoms. The van der Waals surface area contributed by atoms with E-state index in [4.69, 9.17) is 4.74 Å². The van der Waals surface area contributed by atoms with Gasteiger partial charge in [-0.1, -0.05) is 86.6 Å². The van der Waals surface area contributed by atoms with E-state index in [1.807, 2.05) is 67.3 Å². The van der Waals surface area contributed by atoms with Crippen LogP contribution in [0.4, 0.5) is 4.39 Å². The highest BCUT2D eigenvalue weighted by Crippen LogP contribution is 2.13. The molecule has 3 aromatic rings. The number of carbonyl (C=O) groups excluding carboxylic acids is 1. The Morgan fingerprint density at radius 1 is 0.906 bits per heavy atom. The number of rotatable bonds is 8. The smallest absolute Gasteiger partial charge is 0.295 e. The Hall–Kier alpha value is -3.47. The second-order valence-electron chi connectivity index (χ2n) is 8.03. The van der Waals surface area contributed by atoms with Crippen molar-refractivity contribution in [1.29, 1.82) is 0 Å². The zero-order valence-corrected chi connectivity index (χ0v) is 18.6. The van der Waals surface area contributed by atoms with Gasteiger partial charge in [0.1, 0.15) is 5.82 Å². The van der Waals surface area contributed by atoms with Gasteiger partial charge in [0, 0.05) is 13.1 Å². The minimum atomic E-state index is -0.653. The summed E-state index contributed by atoms with van der Waals surface area (Å²) in [5.74, 6) is -1.00. The van der Waals surface area contributed by atoms with Gasteiger partial charge >= 0.3 is 0 Å². The number of benzene rings is 3. The van der Waals surface area contributed by atoms with Crippen LogP contribution in [0.15, 0.2) is 89.9 Å². The van der Waals surface area contributed by atoms with E-state index in [1.54, 1.807) is 12.1 Å². The van der Waals surface area contributed by atoms with Gasteiger partial charge in [-0.15, -0.1) is 0 Å². The quantitative estimate of drug-likeness (QED) is 0.337. The number of ether oxygens (including phenoxy) is 1. The van der Waals surface area contributed by atoms with Gasteiger partial charge in [-0.3, -0.25) is 4.79 Å². The van der Waals surface area contributed by atoms with Crippen LogP contribution in [0.5, 0.6) is 0 Å². The van der Waals surface area contributed by atoms with Crippen LogP contribution in [0.2, 0.25) is 0 Å². The maximum absolute atomic E-state index is 14.2. The molecular formula is C27H29FN2O2. The fraction of sp³-hybridized carbons (Fsp3) is 0.259. The molecule has 3 rings (SSSR count). The highest BCUT2D eigenvalue weighted by Gasteiger charge is 2.19. The molecule has 0 aromatic heterocycles. The molecule has 32 heavy (non-hydrogen) atoms. The van der Waals surface area contributed by atoms with Crippen molar-refractivity contribution in [3.8, 4) is 0 Å². The number of amides is 1. The lowest BCUT2D eigenvalue weighted by molar-refractivity contribution is 0.0987. The molecule has 0 atom stereocenters. The molecule has 0 radical (unpaired) electrons. The summed E-state index contributed by atoms with van der Waals surface area (Å²) in [6, 6.07) is 26.2. The van der Waals surface area contributed by atoms with Crippen molar-refractivity contribution in [1.82, 2.24) is 4.90 Å². The molecule has 166 valence electrons. The average Bonchev–Trinajstić information content (AvgIpc) is 2.81. The molecule has 0 spiro atoms. The van der Waals surface area contributed by atoms with Gasteiger partial charge in [0.15, 0.2) is 0 Å². The summed E-state index contributed by atoms with van der Waals surface area (Å²) in [4.78, 5) is 19.0. The lowest BCUT2D eigenvalue weighted by Crippen LogP contribution is -2.36. The van der Waals surface area contributed by atoms with Gasteiger partial charge in [-0.25, -0.2) is 4.39 Å². The summed E-state index contributed by atoms with van der Waals surface area (Å²) in [6.45, 7) is 5.58. The van der Waals surface area contributed by atoms with Crippen LogP contribution in [0.1, 0.15) is 35.3 Å². The molecule has 0 aliphatic rings. The predicted octanol–water partition coefficient (Wildman–Crippen LogP) is 5.74. The zero-order valence-electron chi connectivity index (χ0n) is 18.6.